The van der Waals surface area contributed by atoms with Crippen molar-refractivity contribution >= 4 is 34.5 Å². The lowest BCUT2D eigenvalue weighted by atomic mass is 10.1. The highest BCUT2D eigenvalue weighted by Gasteiger charge is 2.32. The van der Waals surface area contributed by atoms with Crippen LogP contribution < -0.4 is 15.4 Å². The number of imide groups is 1. The van der Waals surface area contributed by atoms with Crippen molar-refractivity contribution in [3.8, 4) is 11.5 Å². The third-order valence-electron chi connectivity index (χ3n) is 3.61. The molecule has 1 atom stereocenters. The fourth-order valence-electron chi connectivity index (χ4n) is 2.35. The summed E-state index contributed by atoms with van der Waals surface area (Å²) in [5.74, 6) is -0.572. The fraction of sp³-hybridized carbons (Fsp3) is 0.118. The summed E-state index contributed by atoms with van der Waals surface area (Å²) in [6.45, 7) is 0. The molecule has 3 rings (SSSR count). The van der Waals surface area contributed by atoms with E-state index < -0.39 is 11.2 Å². The van der Waals surface area contributed by atoms with Crippen LogP contribution in [0, 0.1) is 0 Å². The lowest BCUT2D eigenvalue weighted by molar-refractivity contribution is -0.119. The van der Waals surface area contributed by atoms with Crippen LogP contribution in [0.3, 0.4) is 0 Å². The predicted molar refractivity (Wildman–Crippen MR) is 92.9 cm³/mol. The molecule has 0 spiro atoms. The summed E-state index contributed by atoms with van der Waals surface area (Å²) >= 11 is 0.917. The molecule has 1 heterocycles. The number of anilines is 1. The number of rotatable bonds is 4. The van der Waals surface area contributed by atoms with Gasteiger partial charge in [0, 0.05) is 11.8 Å². The lowest BCUT2D eigenvalue weighted by Crippen LogP contribution is -2.20. The third-order valence-corrected chi connectivity index (χ3v) is 4.65. The average molecular weight is 358 g/mol. The molecule has 1 unspecified atom stereocenters. The Balaban J connectivity index is 1.72. The van der Waals surface area contributed by atoms with Crippen LogP contribution in [0.4, 0.5) is 10.5 Å². The molecule has 3 amide bonds. The van der Waals surface area contributed by atoms with Gasteiger partial charge >= 0.3 is 0 Å². The molecule has 1 aliphatic rings. The Labute approximate surface area is 147 Å². The zero-order chi connectivity index (χ0) is 18.0. The third kappa shape index (κ3) is 3.58. The number of ether oxygens (including phenoxy) is 1. The highest BCUT2D eigenvalue weighted by Crippen LogP contribution is 2.34. The number of hydrogen-bond donors (Lipinski definition) is 3. The molecule has 128 valence electrons. The smallest absolute Gasteiger partial charge is 0.286 e. The topological polar surface area (TPSA) is 105 Å². The Kier molecular flexibility index (Phi) is 4.62. The molecule has 2 aromatic rings. The van der Waals surface area contributed by atoms with Gasteiger partial charge in [0.25, 0.3) is 11.1 Å². The highest BCUT2D eigenvalue weighted by molar-refractivity contribution is 8.15. The van der Waals surface area contributed by atoms with Gasteiger partial charge in [-0.05, 0) is 41.6 Å². The van der Waals surface area contributed by atoms with Crippen molar-refractivity contribution in [2.45, 2.75) is 5.25 Å². The van der Waals surface area contributed by atoms with Crippen LogP contribution >= 0.6 is 11.8 Å². The van der Waals surface area contributed by atoms with Gasteiger partial charge in [-0.1, -0.05) is 12.1 Å². The van der Waals surface area contributed by atoms with Crippen molar-refractivity contribution in [3.63, 3.8) is 0 Å². The van der Waals surface area contributed by atoms with E-state index in [0.29, 0.717) is 17.0 Å². The predicted octanol–water partition coefficient (Wildman–Crippen LogP) is 2.68. The summed E-state index contributed by atoms with van der Waals surface area (Å²) in [5, 5.41) is 13.8. The van der Waals surface area contributed by atoms with Crippen LogP contribution in [0.25, 0.3) is 0 Å². The van der Waals surface area contributed by atoms with Crippen molar-refractivity contribution in [1.82, 2.24) is 5.32 Å². The van der Waals surface area contributed by atoms with Crippen LogP contribution in [-0.4, -0.2) is 29.3 Å². The van der Waals surface area contributed by atoms with Gasteiger partial charge < -0.3 is 15.2 Å². The number of benzene rings is 2. The molecule has 2 aromatic carbocycles. The second kappa shape index (κ2) is 6.86. The second-order valence-corrected chi connectivity index (χ2v) is 6.31. The van der Waals surface area contributed by atoms with Gasteiger partial charge in [0.1, 0.15) is 16.7 Å². The number of hydrogen-bond acceptors (Lipinski definition) is 6. The number of aromatic hydroxyl groups is 1. The van der Waals surface area contributed by atoms with Crippen LogP contribution in [0.1, 0.15) is 21.2 Å². The number of phenols is 1. The first kappa shape index (κ1) is 16.8. The standard InChI is InChI=1S/C17H14N2O5S/c1-24-11-6-7-12(13(20)8-11)15(21)18-10-4-2-9(3-5-10)14-16(22)19-17(23)25-14/h2-8,14,20H,1H3,(H,18,21)(H,19,22,23). The molecular weight excluding hydrogens is 344 g/mol. The van der Waals surface area contributed by atoms with Crippen LogP contribution in [0.5, 0.6) is 11.5 Å². The number of carbonyl (C=O) groups excluding carboxylic acids is 3. The number of nitrogens with one attached hydrogen (secondary N) is 2. The van der Waals surface area contributed by atoms with Gasteiger partial charge in [-0.25, -0.2) is 0 Å². The minimum absolute atomic E-state index is 0.112. The van der Waals surface area contributed by atoms with E-state index in [1.807, 2.05) is 0 Å². The van der Waals surface area contributed by atoms with Crippen LogP contribution in [0.2, 0.25) is 0 Å². The van der Waals surface area contributed by atoms with Crippen molar-refractivity contribution in [3.05, 3.63) is 53.6 Å². The Bertz CT molecular complexity index is 851. The summed E-state index contributed by atoms with van der Waals surface area (Å²) in [5.41, 5.74) is 1.28. The van der Waals surface area contributed by atoms with E-state index in [1.54, 1.807) is 30.3 Å². The molecule has 1 aliphatic heterocycles. The summed E-state index contributed by atoms with van der Waals surface area (Å²) in [4.78, 5) is 35.1. The van der Waals surface area contributed by atoms with Crippen molar-refractivity contribution < 1.29 is 24.2 Å². The number of amides is 3. The number of carbonyl (C=O) groups is 3. The molecule has 0 bridgehead atoms. The van der Waals surface area contributed by atoms with Gasteiger partial charge in [0.05, 0.1) is 12.7 Å². The van der Waals surface area contributed by atoms with Gasteiger partial charge in [-0.15, -0.1) is 0 Å². The van der Waals surface area contributed by atoms with Gasteiger partial charge in [-0.2, -0.15) is 0 Å². The Morgan fingerprint density at radius 1 is 1.20 bits per heavy atom. The van der Waals surface area contributed by atoms with E-state index in [4.69, 9.17) is 4.74 Å². The normalized spacial score (nSPS) is 16.4. The van der Waals surface area contributed by atoms with Crippen LogP contribution in [0.15, 0.2) is 42.5 Å². The second-order valence-electron chi connectivity index (χ2n) is 5.23. The molecule has 7 nitrogen and oxygen atoms in total. The number of methoxy groups -OCH3 is 1. The molecular formula is C17H14N2O5S. The first-order valence-corrected chi connectivity index (χ1v) is 8.15. The van der Waals surface area contributed by atoms with E-state index in [9.17, 15) is 19.5 Å². The van der Waals surface area contributed by atoms with Crippen LogP contribution in [-0.2, 0) is 4.79 Å². The maximum atomic E-state index is 12.2. The molecule has 1 saturated heterocycles. The maximum Gasteiger partial charge on any atom is 0.286 e. The molecule has 0 radical (unpaired) electrons. The van der Waals surface area contributed by atoms with Crippen molar-refractivity contribution in [1.29, 1.82) is 0 Å². The first-order chi connectivity index (χ1) is 12.0. The van der Waals surface area contributed by atoms with E-state index in [-0.39, 0.29) is 22.5 Å². The van der Waals surface area contributed by atoms with E-state index in [2.05, 4.69) is 10.6 Å². The van der Waals surface area contributed by atoms with Gasteiger partial charge in [-0.3, -0.25) is 19.7 Å². The number of phenolic OH excluding ortho intramolecular Hbond substituents is 1. The van der Waals surface area contributed by atoms with E-state index >= 15 is 0 Å². The first-order valence-electron chi connectivity index (χ1n) is 7.27. The molecule has 8 heteroatoms. The highest BCUT2D eigenvalue weighted by atomic mass is 32.2. The SMILES string of the molecule is COc1ccc(C(=O)Nc2ccc(C3SC(=O)NC3=O)cc2)c(O)c1. The number of thioether (sulfide) groups is 1. The lowest BCUT2D eigenvalue weighted by Gasteiger charge is -2.10. The molecule has 0 aliphatic carbocycles. The van der Waals surface area contributed by atoms with Gasteiger partial charge in [0.2, 0.25) is 5.91 Å². The Morgan fingerprint density at radius 3 is 2.48 bits per heavy atom. The average Bonchev–Trinajstić information content (AvgIpc) is 2.93. The monoisotopic (exact) mass is 358 g/mol. The zero-order valence-corrected chi connectivity index (χ0v) is 13.9. The summed E-state index contributed by atoms with van der Waals surface area (Å²) in [6, 6.07) is 11.0. The quantitative estimate of drug-likeness (QED) is 0.776. The largest absolute Gasteiger partial charge is 0.507 e. The van der Waals surface area contributed by atoms with Gasteiger partial charge in [0.15, 0.2) is 0 Å². The molecule has 0 aromatic heterocycles. The fourth-order valence-corrected chi connectivity index (χ4v) is 3.18. The minimum atomic E-state index is -0.581. The Hall–Kier alpha value is -3.00. The summed E-state index contributed by atoms with van der Waals surface area (Å²) in [6.07, 6.45) is 0. The summed E-state index contributed by atoms with van der Waals surface area (Å²) in [7, 11) is 1.46. The molecule has 3 N–H and O–H groups in total. The van der Waals surface area contributed by atoms with Crippen molar-refractivity contribution in [2.24, 2.45) is 0 Å². The van der Waals surface area contributed by atoms with Crippen molar-refractivity contribution in [2.75, 3.05) is 12.4 Å². The summed E-state index contributed by atoms with van der Waals surface area (Å²) < 4.78 is 4.98. The molecule has 25 heavy (non-hydrogen) atoms. The minimum Gasteiger partial charge on any atom is -0.507 e. The molecule has 0 saturated carbocycles. The zero-order valence-electron chi connectivity index (χ0n) is 13.1. The maximum absolute atomic E-state index is 12.2. The van der Waals surface area contributed by atoms with E-state index in [1.165, 1.54) is 19.2 Å². The molecule has 1 fully saturated rings. The van der Waals surface area contributed by atoms with E-state index in [0.717, 1.165) is 11.8 Å². The Morgan fingerprint density at radius 2 is 1.92 bits per heavy atom.